The Bertz CT molecular complexity index is 433. The zero-order chi connectivity index (χ0) is 13.7. The fraction of sp³-hybridized carbons (Fsp3) is 0.600. The monoisotopic (exact) mass is 277 g/mol. The molecule has 0 saturated heterocycles. The summed E-state index contributed by atoms with van der Waals surface area (Å²) in [5.41, 5.74) is 7.56. The van der Waals surface area contributed by atoms with Gasteiger partial charge in [0.2, 0.25) is 0 Å². The van der Waals surface area contributed by atoms with E-state index in [0.29, 0.717) is 4.99 Å². The third-order valence-corrected chi connectivity index (χ3v) is 4.22. The zero-order valence-corrected chi connectivity index (χ0v) is 12.4. The first-order chi connectivity index (χ1) is 9.16. The summed E-state index contributed by atoms with van der Waals surface area (Å²) >= 11 is 5.05. The summed E-state index contributed by atoms with van der Waals surface area (Å²) in [5, 5.41) is 3.43. The van der Waals surface area contributed by atoms with Crippen LogP contribution in [0.1, 0.15) is 44.6 Å². The van der Waals surface area contributed by atoms with Gasteiger partial charge in [-0.15, -0.1) is 0 Å². The highest BCUT2D eigenvalue weighted by Gasteiger charge is 2.18. The first-order valence-electron chi connectivity index (χ1n) is 7.14. The van der Waals surface area contributed by atoms with E-state index in [0.717, 1.165) is 29.6 Å². The number of nitrogens with zero attached hydrogens (tertiary/aromatic N) is 1. The molecule has 1 fully saturated rings. The Hall–Kier alpha value is -1.16. The van der Waals surface area contributed by atoms with Crippen LogP contribution in [0.15, 0.2) is 18.5 Å². The maximum atomic E-state index is 5.71. The number of nitrogens with one attached hydrogen (secondary N) is 1. The Balaban J connectivity index is 1.84. The van der Waals surface area contributed by atoms with Crippen LogP contribution in [-0.2, 0) is 0 Å². The number of thiocarbonyl (C=S) groups is 1. The summed E-state index contributed by atoms with van der Waals surface area (Å²) in [5.74, 6) is 1.76. The molecular formula is C15H23N3S. The average molecular weight is 277 g/mol. The number of rotatable bonds is 5. The van der Waals surface area contributed by atoms with Crippen LogP contribution in [0, 0.1) is 11.8 Å². The molecule has 0 spiro atoms. The van der Waals surface area contributed by atoms with Gasteiger partial charge in [-0.05, 0) is 30.7 Å². The largest absolute Gasteiger partial charge is 0.389 e. The zero-order valence-electron chi connectivity index (χ0n) is 11.6. The lowest BCUT2D eigenvalue weighted by atomic mass is 9.81. The van der Waals surface area contributed by atoms with Crippen molar-refractivity contribution < 1.29 is 0 Å². The van der Waals surface area contributed by atoms with E-state index in [4.69, 9.17) is 18.0 Å². The molecular weight excluding hydrogens is 254 g/mol. The van der Waals surface area contributed by atoms with Crippen molar-refractivity contribution in [1.82, 2.24) is 4.98 Å². The summed E-state index contributed by atoms with van der Waals surface area (Å²) in [7, 11) is 0. The van der Waals surface area contributed by atoms with E-state index in [-0.39, 0.29) is 0 Å². The summed E-state index contributed by atoms with van der Waals surface area (Å²) in [6.07, 6.45) is 10.3. The van der Waals surface area contributed by atoms with Crippen molar-refractivity contribution in [3.63, 3.8) is 0 Å². The minimum Gasteiger partial charge on any atom is -0.389 e. The van der Waals surface area contributed by atoms with Crippen LogP contribution in [-0.4, -0.2) is 16.5 Å². The van der Waals surface area contributed by atoms with E-state index in [1.165, 1.54) is 32.1 Å². The molecule has 1 heterocycles. The standard InChI is InChI=1S/C15H23N3S/c1-11-3-2-4-12(9-11)5-8-18-14-10-17-7-6-13(14)15(16)19/h6-7,10-12,18H,2-5,8-9H2,1H3,(H2,16,19). The predicted molar refractivity (Wildman–Crippen MR) is 84.4 cm³/mol. The van der Waals surface area contributed by atoms with Gasteiger partial charge in [0.25, 0.3) is 0 Å². The number of hydrogen-bond donors (Lipinski definition) is 2. The molecule has 2 rings (SSSR count). The molecule has 1 aliphatic rings. The van der Waals surface area contributed by atoms with Gasteiger partial charge in [-0.3, -0.25) is 4.98 Å². The van der Waals surface area contributed by atoms with Crippen molar-refractivity contribution >= 4 is 22.9 Å². The van der Waals surface area contributed by atoms with Crippen molar-refractivity contribution in [2.24, 2.45) is 17.6 Å². The maximum Gasteiger partial charge on any atom is 0.106 e. The molecule has 3 nitrogen and oxygen atoms in total. The average Bonchev–Trinajstić information content (AvgIpc) is 2.39. The lowest BCUT2D eigenvalue weighted by molar-refractivity contribution is 0.274. The normalized spacial score (nSPS) is 23.0. The summed E-state index contributed by atoms with van der Waals surface area (Å²) in [4.78, 5) is 4.55. The molecule has 2 atom stereocenters. The van der Waals surface area contributed by atoms with Gasteiger partial charge in [0.15, 0.2) is 0 Å². The number of pyridine rings is 1. The highest BCUT2D eigenvalue weighted by atomic mass is 32.1. The first kappa shape index (κ1) is 14.3. The molecule has 0 bridgehead atoms. The van der Waals surface area contributed by atoms with Gasteiger partial charge in [-0.2, -0.15) is 0 Å². The third kappa shape index (κ3) is 4.16. The molecule has 0 aromatic carbocycles. The van der Waals surface area contributed by atoms with E-state index in [1.807, 2.05) is 6.07 Å². The van der Waals surface area contributed by atoms with E-state index >= 15 is 0 Å². The molecule has 19 heavy (non-hydrogen) atoms. The van der Waals surface area contributed by atoms with Gasteiger partial charge in [-0.25, -0.2) is 0 Å². The van der Waals surface area contributed by atoms with E-state index in [9.17, 15) is 0 Å². The lowest BCUT2D eigenvalue weighted by Gasteiger charge is -2.26. The number of aromatic nitrogens is 1. The molecule has 0 aliphatic heterocycles. The molecule has 4 heteroatoms. The van der Waals surface area contributed by atoms with E-state index in [1.54, 1.807) is 12.4 Å². The second kappa shape index (κ2) is 6.85. The van der Waals surface area contributed by atoms with Gasteiger partial charge >= 0.3 is 0 Å². The highest BCUT2D eigenvalue weighted by Crippen LogP contribution is 2.30. The van der Waals surface area contributed by atoms with E-state index in [2.05, 4.69) is 17.2 Å². The molecule has 1 aromatic heterocycles. The van der Waals surface area contributed by atoms with Crippen LogP contribution in [0.5, 0.6) is 0 Å². The Morgan fingerprint density at radius 2 is 2.37 bits per heavy atom. The number of nitrogens with two attached hydrogens (primary N) is 1. The van der Waals surface area contributed by atoms with Gasteiger partial charge in [0, 0.05) is 18.3 Å². The Morgan fingerprint density at radius 3 is 3.11 bits per heavy atom. The molecule has 104 valence electrons. The van der Waals surface area contributed by atoms with Crippen molar-refractivity contribution in [1.29, 1.82) is 0 Å². The van der Waals surface area contributed by atoms with Crippen molar-refractivity contribution in [3.8, 4) is 0 Å². The summed E-state index contributed by atoms with van der Waals surface area (Å²) in [6.45, 7) is 3.34. The second-order valence-electron chi connectivity index (χ2n) is 5.64. The van der Waals surface area contributed by atoms with Gasteiger partial charge in [0.05, 0.1) is 11.9 Å². The Labute approximate surface area is 121 Å². The maximum absolute atomic E-state index is 5.71. The van der Waals surface area contributed by atoms with Crippen molar-refractivity contribution in [2.75, 3.05) is 11.9 Å². The first-order valence-corrected chi connectivity index (χ1v) is 7.55. The number of anilines is 1. The van der Waals surface area contributed by atoms with Crippen LogP contribution in [0.3, 0.4) is 0 Å². The van der Waals surface area contributed by atoms with Gasteiger partial charge in [-0.1, -0.05) is 38.4 Å². The van der Waals surface area contributed by atoms with E-state index < -0.39 is 0 Å². The smallest absolute Gasteiger partial charge is 0.106 e. The quantitative estimate of drug-likeness (QED) is 0.810. The predicted octanol–water partition coefficient (Wildman–Crippen LogP) is 3.34. The highest BCUT2D eigenvalue weighted by molar-refractivity contribution is 7.80. The van der Waals surface area contributed by atoms with Crippen LogP contribution >= 0.6 is 12.2 Å². The minimum atomic E-state index is 0.427. The van der Waals surface area contributed by atoms with Gasteiger partial charge in [0.1, 0.15) is 4.99 Å². The summed E-state index contributed by atoms with van der Waals surface area (Å²) < 4.78 is 0. The topological polar surface area (TPSA) is 50.9 Å². The molecule has 0 amide bonds. The second-order valence-corrected chi connectivity index (χ2v) is 6.08. The lowest BCUT2D eigenvalue weighted by Crippen LogP contribution is -2.18. The Kier molecular flexibility index (Phi) is 5.14. The summed E-state index contributed by atoms with van der Waals surface area (Å²) in [6, 6.07) is 1.87. The minimum absolute atomic E-state index is 0.427. The molecule has 1 aliphatic carbocycles. The SMILES string of the molecule is CC1CCCC(CCNc2cnccc2C(N)=S)C1. The van der Waals surface area contributed by atoms with Crippen LogP contribution < -0.4 is 11.1 Å². The van der Waals surface area contributed by atoms with Crippen LogP contribution in [0.4, 0.5) is 5.69 Å². The number of hydrogen-bond acceptors (Lipinski definition) is 3. The molecule has 3 N–H and O–H groups in total. The fourth-order valence-corrected chi connectivity index (χ4v) is 3.16. The molecule has 0 radical (unpaired) electrons. The van der Waals surface area contributed by atoms with Gasteiger partial charge < -0.3 is 11.1 Å². The Morgan fingerprint density at radius 1 is 1.53 bits per heavy atom. The molecule has 1 saturated carbocycles. The molecule has 2 unspecified atom stereocenters. The third-order valence-electron chi connectivity index (χ3n) is 4.00. The van der Waals surface area contributed by atoms with Crippen molar-refractivity contribution in [3.05, 3.63) is 24.0 Å². The van der Waals surface area contributed by atoms with Crippen LogP contribution in [0.2, 0.25) is 0 Å². The fourth-order valence-electron chi connectivity index (χ4n) is 2.98. The van der Waals surface area contributed by atoms with Crippen molar-refractivity contribution in [2.45, 2.75) is 39.0 Å². The molecule has 1 aromatic rings. The van der Waals surface area contributed by atoms with Crippen LogP contribution in [0.25, 0.3) is 0 Å².